The first kappa shape index (κ1) is 10.7. The Hall–Kier alpha value is -1.42. The summed E-state index contributed by atoms with van der Waals surface area (Å²) in [6.07, 6.45) is 3.40. The molecule has 14 heavy (non-hydrogen) atoms. The summed E-state index contributed by atoms with van der Waals surface area (Å²) in [5.74, 6) is 0.631. The summed E-state index contributed by atoms with van der Waals surface area (Å²) < 4.78 is 5.30. The average molecular weight is 193 g/mol. The smallest absolute Gasteiger partial charge is 0.222 e. The van der Waals surface area contributed by atoms with Gasteiger partial charge in [0.05, 0.1) is 13.2 Å². The lowest BCUT2D eigenvalue weighted by Crippen LogP contribution is -2.11. The first-order valence-corrected chi connectivity index (χ1v) is 4.52. The van der Waals surface area contributed by atoms with Crippen molar-refractivity contribution in [1.82, 2.24) is 9.97 Å². The first-order valence-electron chi connectivity index (χ1n) is 4.52. The van der Waals surface area contributed by atoms with E-state index in [-0.39, 0.29) is 0 Å². The van der Waals surface area contributed by atoms with E-state index in [9.17, 15) is 0 Å². The molecule has 0 amide bonds. The van der Waals surface area contributed by atoms with Gasteiger partial charge in [-0.05, 0) is 13.0 Å². The summed E-state index contributed by atoms with van der Waals surface area (Å²) in [7, 11) is 0. The summed E-state index contributed by atoms with van der Waals surface area (Å²) in [5, 5.41) is 3.04. The van der Waals surface area contributed by atoms with Crippen LogP contribution >= 0.6 is 0 Å². The van der Waals surface area contributed by atoms with Crippen molar-refractivity contribution in [3.8, 4) is 0 Å². The van der Waals surface area contributed by atoms with Crippen LogP contribution in [0.15, 0.2) is 30.6 Å². The van der Waals surface area contributed by atoms with Crippen LogP contribution in [0.4, 0.5) is 5.95 Å². The maximum Gasteiger partial charge on any atom is 0.222 e. The Morgan fingerprint density at radius 2 is 2.21 bits per heavy atom. The molecule has 0 radical (unpaired) electrons. The van der Waals surface area contributed by atoms with Crippen LogP contribution in [0, 0.1) is 0 Å². The maximum atomic E-state index is 5.30. The van der Waals surface area contributed by atoms with Crippen LogP contribution in [-0.4, -0.2) is 29.7 Å². The first-order chi connectivity index (χ1) is 6.79. The molecule has 1 aromatic heterocycles. The molecular formula is C10H15N3O. The van der Waals surface area contributed by atoms with E-state index in [4.69, 9.17) is 4.74 Å². The van der Waals surface area contributed by atoms with Gasteiger partial charge in [0, 0.05) is 18.9 Å². The molecule has 0 aliphatic heterocycles. The van der Waals surface area contributed by atoms with Gasteiger partial charge in [0.25, 0.3) is 0 Å². The molecule has 0 spiro atoms. The van der Waals surface area contributed by atoms with E-state index in [1.54, 1.807) is 18.5 Å². The van der Waals surface area contributed by atoms with Gasteiger partial charge in [0.1, 0.15) is 0 Å². The lowest BCUT2D eigenvalue weighted by molar-refractivity contribution is 0.167. The van der Waals surface area contributed by atoms with Gasteiger partial charge in [0.2, 0.25) is 5.95 Å². The highest BCUT2D eigenvalue weighted by molar-refractivity contribution is 5.21. The van der Waals surface area contributed by atoms with Crippen LogP contribution in [-0.2, 0) is 4.74 Å². The number of ether oxygens (including phenoxy) is 1. The molecule has 1 N–H and O–H groups in total. The predicted molar refractivity (Wildman–Crippen MR) is 56.2 cm³/mol. The van der Waals surface area contributed by atoms with Crippen molar-refractivity contribution < 1.29 is 4.74 Å². The summed E-state index contributed by atoms with van der Waals surface area (Å²) in [5.41, 5.74) is 1.03. The number of nitrogens with zero attached hydrogens (tertiary/aromatic N) is 2. The van der Waals surface area contributed by atoms with Crippen LogP contribution < -0.4 is 5.32 Å². The molecule has 76 valence electrons. The van der Waals surface area contributed by atoms with Crippen molar-refractivity contribution in [2.75, 3.05) is 25.1 Å². The molecule has 0 saturated carbocycles. The molecule has 0 aliphatic carbocycles. The molecular weight excluding hydrogens is 178 g/mol. The van der Waals surface area contributed by atoms with Crippen molar-refractivity contribution in [1.29, 1.82) is 0 Å². The molecule has 0 bridgehead atoms. The fraction of sp³-hybridized carbons (Fsp3) is 0.400. The highest BCUT2D eigenvalue weighted by Crippen LogP contribution is 1.93. The Morgan fingerprint density at radius 3 is 2.86 bits per heavy atom. The predicted octanol–water partition coefficient (Wildman–Crippen LogP) is 1.48. The van der Waals surface area contributed by atoms with E-state index in [1.807, 2.05) is 6.92 Å². The van der Waals surface area contributed by atoms with Crippen LogP contribution in [0.5, 0.6) is 0 Å². The van der Waals surface area contributed by atoms with Crippen molar-refractivity contribution >= 4 is 5.95 Å². The minimum atomic E-state index is 0.608. The Bertz CT molecular complexity index is 274. The average Bonchev–Trinajstić information content (AvgIpc) is 2.18. The highest BCUT2D eigenvalue weighted by Gasteiger charge is 1.92. The molecule has 0 saturated heterocycles. The summed E-state index contributed by atoms with van der Waals surface area (Å²) >= 11 is 0. The van der Waals surface area contributed by atoms with E-state index in [0.717, 1.165) is 5.57 Å². The van der Waals surface area contributed by atoms with Crippen LogP contribution in [0.1, 0.15) is 6.92 Å². The fourth-order valence-corrected chi connectivity index (χ4v) is 0.872. The molecule has 1 aromatic rings. The molecule has 1 heterocycles. The largest absolute Gasteiger partial charge is 0.375 e. The van der Waals surface area contributed by atoms with Crippen molar-refractivity contribution in [2.24, 2.45) is 0 Å². The summed E-state index contributed by atoms with van der Waals surface area (Å²) in [4.78, 5) is 8.03. The lowest BCUT2D eigenvalue weighted by Gasteiger charge is -2.05. The Labute approximate surface area is 84.0 Å². The maximum absolute atomic E-state index is 5.30. The van der Waals surface area contributed by atoms with Gasteiger partial charge < -0.3 is 10.1 Å². The zero-order valence-corrected chi connectivity index (χ0v) is 8.36. The monoisotopic (exact) mass is 193 g/mol. The Kier molecular flexibility index (Phi) is 4.64. The molecule has 4 nitrogen and oxygen atoms in total. The minimum Gasteiger partial charge on any atom is -0.375 e. The quantitative estimate of drug-likeness (QED) is 0.549. The molecule has 0 fully saturated rings. The van der Waals surface area contributed by atoms with Gasteiger partial charge in [-0.3, -0.25) is 0 Å². The van der Waals surface area contributed by atoms with Crippen molar-refractivity contribution in [3.63, 3.8) is 0 Å². The van der Waals surface area contributed by atoms with Gasteiger partial charge in [-0.1, -0.05) is 12.2 Å². The second-order valence-electron chi connectivity index (χ2n) is 3.01. The third-order valence-corrected chi connectivity index (χ3v) is 1.44. The molecule has 0 unspecified atom stereocenters. The van der Waals surface area contributed by atoms with Crippen molar-refractivity contribution in [3.05, 3.63) is 30.6 Å². The second-order valence-corrected chi connectivity index (χ2v) is 3.01. The van der Waals surface area contributed by atoms with E-state index >= 15 is 0 Å². The number of rotatable bonds is 6. The summed E-state index contributed by atoms with van der Waals surface area (Å²) in [6.45, 7) is 7.62. The number of anilines is 1. The van der Waals surface area contributed by atoms with Crippen LogP contribution in [0.25, 0.3) is 0 Å². The van der Waals surface area contributed by atoms with E-state index in [0.29, 0.717) is 25.7 Å². The number of hydrogen-bond donors (Lipinski definition) is 1. The number of nitrogens with one attached hydrogen (secondary N) is 1. The number of hydrogen-bond acceptors (Lipinski definition) is 4. The van der Waals surface area contributed by atoms with Crippen LogP contribution in [0.2, 0.25) is 0 Å². The highest BCUT2D eigenvalue weighted by atomic mass is 16.5. The molecule has 0 aromatic carbocycles. The van der Waals surface area contributed by atoms with Gasteiger partial charge in [-0.15, -0.1) is 0 Å². The summed E-state index contributed by atoms with van der Waals surface area (Å²) in [6, 6.07) is 1.78. The third kappa shape index (κ3) is 4.57. The van der Waals surface area contributed by atoms with Gasteiger partial charge in [-0.25, -0.2) is 9.97 Å². The molecule has 1 rings (SSSR count). The van der Waals surface area contributed by atoms with E-state index in [2.05, 4.69) is 21.9 Å². The Morgan fingerprint density at radius 1 is 1.50 bits per heavy atom. The lowest BCUT2D eigenvalue weighted by atomic mass is 10.4. The molecule has 0 atom stereocenters. The van der Waals surface area contributed by atoms with Gasteiger partial charge in [-0.2, -0.15) is 0 Å². The third-order valence-electron chi connectivity index (χ3n) is 1.44. The van der Waals surface area contributed by atoms with E-state index < -0.39 is 0 Å². The van der Waals surface area contributed by atoms with Gasteiger partial charge >= 0.3 is 0 Å². The zero-order chi connectivity index (χ0) is 10.2. The zero-order valence-electron chi connectivity index (χ0n) is 8.36. The molecule has 0 aliphatic rings. The van der Waals surface area contributed by atoms with E-state index in [1.165, 1.54) is 0 Å². The van der Waals surface area contributed by atoms with Crippen LogP contribution in [0.3, 0.4) is 0 Å². The Balaban J connectivity index is 2.08. The SMILES string of the molecule is C=C(C)COCCNc1ncccn1. The van der Waals surface area contributed by atoms with Gasteiger partial charge in [0.15, 0.2) is 0 Å². The topological polar surface area (TPSA) is 47.0 Å². The second kappa shape index (κ2) is 6.10. The number of aromatic nitrogens is 2. The minimum absolute atomic E-state index is 0.608. The fourth-order valence-electron chi connectivity index (χ4n) is 0.872. The standard InChI is InChI=1S/C10H15N3O/c1-9(2)8-14-7-6-13-10-11-4-3-5-12-10/h3-5H,1,6-8H2,2H3,(H,11,12,13). The normalized spacial score (nSPS) is 9.79. The van der Waals surface area contributed by atoms with Crippen molar-refractivity contribution in [2.45, 2.75) is 6.92 Å². The molecule has 4 heteroatoms.